The number of hydrogen-bond acceptors (Lipinski definition) is 2. The molecule has 4 heteroatoms. The molecule has 0 radical (unpaired) electrons. The Morgan fingerprint density at radius 2 is 2.36 bits per heavy atom. The van der Waals surface area contributed by atoms with Gasteiger partial charge < -0.3 is 16.0 Å². The molecule has 1 rings (SSSR count). The van der Waals surface area contributed by atoms with Gasteiger partial charge >= 0.3 is 6.03 Å². The first kappa shape index (κ1) is 11.3. The second kappa shape index (κ2) is 6.65. The van der Waals surface area contributed by atoms with Crippen molar-refractivity contribution in [1.82, 2.24) is 16.0 Å². The lowest BCUT2D eigenvalue weighted by atomic mass is 10.1. The van der Waals surface area contributed by atoms with Crippen molar-refractivity contribution in [3.8, 4) is 0 Å². The van der Waals surface area contributed by atoms with E-state index in [0.717, 1.165) is 39.0 Å². The zero-order chi connectivity index (χ0) is 10.2. The van der Waals surface area contributed by atoms with Gasteiger partial charge in [0.05, 0.1) is 0 Å². The van der Waals surface area contributed by atoms with Crippen LogP contribution in [0.2, 0.25) is 0 Å². The summed E-state index contributed by atoms with van der Waals surface area (Å²) in [4.78, 5) is 11.2. The Morgan fingerprint density at radius 1 is 1.50 bits per heavy atom. The second-order valence-corrected chi connectivity index (χ2v) is 3.85. The topological polar surface area (TPSA) is 53.2 Å². The molecule has 1 unspecified atom stereocenters. The zero-order valence-corrected chi connectivity index (χ0v) is 8.94. The highest BCUT2D eigenvalue weighted by atomic mass is 16.2. The van der Waals surface area contributed by atoms with Gasteiger partial charge in [0, 0.05) is 13.1 Å². The first-order chi connectivity index (χ1) is 6.83. The standard InChI is InChI=1S/C10H21N3O/c1-2-3-5-12-10(14)13-8-9-4-6-11-7-9/h9,11H,2-8H2,1H3,(H2,12,13,14). The third-order valence-corrected chi connectivity index (χ3v) is 2.53. The minimum atomic E-state index is -0.0228. The van der Waals surface area contributed by atoms with E-state index in [9.17, 15) is 4.79 Å². The van der Waals surface area contributed by atoms with Crippen LogP contribution in [0.4, 0.5) is 4.79 Å². The lowest BCUT2D eigenvalue weighted by Crippen LogP contribution is -2.39. The van der Waals surface area contributed by atoms with Crippen LogP contribution in [0.5, 0.6) is 0 Å². The summed E-state index contributed by atoms with van der Waals surface area (Å²) in [7, 11) is 0. The monoisotopic (exact) mass is 199 g/mol. The molecule has 1 atom stereocenters. The molecule has 0 aromatic heterocycles. The molecule has 0 aromatic carbocycles. The van der Waals surface area contributed by atoms with E-state index in [1.165, 1.54) is 6.42 Å². The predicted molar refractivity (Wildman–Crippen MR) is 57.3 cm³/mol. The number of carbonyl (C=O) groups excluding carboxylic acids is 1. The van der Waals surface area contributed by atoms with Gasteiger partial charge in [-0.3, -0.25) is 0 Å². The van der Waals surface area contributed by atoms with Gasteiger partial charge in [-0.05, 0) is 31.8 Å². The highest BCUT2D eigenvalue weighted by Gasteiger charge is 2.14. The van der Waals surface area contributed by atoms with E-state index in [0.29, 0.717) is 5.92 Å². The summed E-state index contributed by atoms with van der Waals surface area (Å²) in [5.74, 6) is 0.618. The van der Waals surface area contributed by atoms with Gasteiger partial charge in [0.2, 0.25) is 0 Å². The summed E-state index contributed by atoms with van der Waals surface area (Å²) < 4.78 is 0. The summed E-state index contributed by atoms with van der Waals surface area (Å²) in [5.41, 5.74) is 0. The van der Waals surface area contributed by atoms with Crippen molar-refractivity contribution >= 4 is 6.03 Å². The van der Waals surface area contributed by atoms with Gasteiger partial charge in [0.15, 0.2) is 0 Å². The number of carbonyl (C=O) groups is 1. The Labute approximate surface area is 85.8 Å². The van der Waals surface area contributed by atoms with Gasteiger partial charge in [-0.2, -0.15) is 0 Å². The fourth-order valence-corrected chi connectivity index (χ4v) is 1.57. The Kier molecular flexibility index (Phi) is 5.37. The van der Waals surface area contributed by atoms with E-state index >= 15 is 0 Å². The lowest BCUT2D eigenvalue weighted by molar-refractivity contribution is 0.239. The van der Waals surface area contributed by atoms with Crippen molar-refractivity contribution in [1.29, 1.82) is 0 Å². The van der Waals surface area contributed by atoms with Crippen molar-refractivity contribution < 1.29 is 4.79 Å². The number of hydrogen-bond donors (Lipinski definition) is 3. The number of amides is 2. The Balaban J connectivity index is 1.96. The molecule has 0 bridgehead atoms. The Morgan fingerprint density at radius 3 is 3.00 bits per heavy atom. The molecular formula is C10H21N3O. The maximum Gasteiger partial charge on any atom is 0.314 e. The van der Waals surface area contributed by atoms with Gasteiger partial charge in [-0.25, -0.2) is 4.79 Å². The fourth-order valence-electron chi connectivity index (χ4n) is 1.57. The molecule has 3 N–H and O–H groups in total. The summed E-state index contributed by atoms with van der Waals surface area (Å²) in [5, 5.41) is 9.01. The van der Waals surface area contributed by atoms with Crippen molar-refractivity contribution in [3.63, 3.8) is 0 Å². The SMILES string of the molecule is CCCCNC(=O)NCC1CCNC1. The Bertz CT molecular complexity index is 167. The minimum absolute atomic E-state index is 0.0228. The van der Waals surface area contributed by atoms with Crippen LogP contribution in [0.15, 0.2) is 0 Å². The van der Waals surface area contributed by atoms with Crippen LogP contribution in [-0.2, 0) is 0 Å². The number of unbranched alkanes of at least 4 members (excludes halogenated alkanes) is 1. The van der Waals surface area contributed by atoms with Crippen LogP contribution in [0.3, 0.4) is 0 Å². The molecule has 0 spiro atoms. The molecule has 1 saturated heterocycles. The largest absolute Gasteiger partial charge is 0.338 e. The van der Waals surface area contributed by atoms with Crippen molar-refractivity contribution in [2.45, 2.75) is 26.2 Å². The van der Waals surface area contributed by atoms with E-state index in [4.69, 9.17) is 0 Å². The molecule has 0 aromatic rings. The smallest absolute Gasteiger partial charge is 0.314 e. The molecule has 0 aliphatic carbocycles. The summed E-state index contributed by atoms with van der Waals surface area (Å²) in [6, 6.07) is -0.0228. The molecule has 2 amide bonds. The van der Waals surface area contributed by atoms with E-state index in [2.05, 4.69) is 22.9 Å². The van der Waals surface area contributed by atoms with Gasteiger partial charge in [-0.1, -0.05) is 13.3 Å². The highest BCUT2D eigenvalue weighted by molar-refractivity contribution is 5.73. The second-order valence-electron chi connectivity index (χ2n) is 3.85. The first-order valence-electron chi connectivity index (χ1n) is 5.55. The van der Waals surface area contributed by atoms with Crippen LogP contribution < -0.4 is 16.0 Å². The predicted octanol–water partition coefficient (Wildman–Crippen LogP) is 0.695. The van der Waals surface area contributed by atoms with Crippen molar-refractivity contribution in [2.75, 3.05) is 26.2 Å². The van der Waals surface area contributed by atoms with Crippen LogP contribution >= 0.6 is 0 Å². The molecule has 0 saturated carbocycles. The maximum absolute atomic E-state index is 11.2. The highest BCUT2D eigenvalue weighted by Crippen LogP contribution is 2.04. The molecule has 1 fully saturated rings. The van der Waals surface area contributed by atoms with Gasteiger partial charge in [-0.15, -0.1) is 0 Å². The number of nitrogens with one attached hydrogen (secondary N) is 3. The average Bonchev–Trinajstić information content (AvgIpc) is 2.68. The molecule has 1 heterocycles. The molecule has 1 aliphatic heterocycles. The number of rotatable bonds is 5. The average molecular weight is 199 g/mol. The van der Waals surface area contributed by atoms with Gasteiger partial charge in [0.1, 0.15) is 0 Å². The molecule has 14 heavy (non-hydrogen) atoms. The molecule has 82 valence electrons. The molecule has 1 aliphatic rings. The van der Waals surface area contributed by atoms with Crippen LogP contribution in [-0.4, -0.2) is 32.2 Å². The number of urea groups is 1. The maximum atomic E-state index is 11.2. The van der Waals surface area contributed by atoms with E-state index in [1.807, 2.05) is 0 Å². The quantitative estimate of drug-likeness (QED) is 0.571. The summed E-state index contributed by atoms with van der Waals surface area (Å²) >= 11 is 0. The van der Waals surface area contributed by atoms with Crippen LogP contribution in [0.25, 0.3) is 0 Å². The lowest BCUT2D eigenvalue weighted by Gasteiger charge is -2.10. The summed E-state index contributed by atoms with van der Waals surface area (Å²) in [6.45, 7) is 5.82. The van der Waals surface area contributed by atoms with Gasteiger partial charge in [0.25, 0.3) is 0 Å². The van der Waals surface area contributed by atoms with E-state index < -0.39 is 0 Å². The zero-order valence-electron chi connectivity index (χ0n) is 8.94. The third kappa shape index (κ3) is 4.46. The molecular weight excluding hydrogens is 178 g/mol. The van der Waals surface area contributed by atoms with Crippen LogP contribution in [0.1, 0.15) is 26.2 Å². The fraction of sp³-hybridized carbons (Fsp3) is 0.900. The van der Waals surface area contributed by atoms with Crippen LogP contribution in [0, 0.1) is 5.92 Å². The van der Waals surface area contributed by atoms with Crippen molar-refractivity contribution in [2.24, 2.45) is 5.92 Å². The first-order valence-corrected chi connectivity index (χ1v) is 5.55. The third-order valence-electron chi connectivity index (χ3n) is 2.53. The Hall–Kier alpha value is -0.770. The molecule has 4 nitrogen and oxygen atoms in total. The van der Waals surface area contributed by atoms with E-state index in [-0.39, 0.29) is 6.03 Å². The van der Waals surface area contributed by atoms with E-state index in [1.54, 1.807) is 0 Å². The minimum Gasteiger partial charge on any atom is -0.338 e. The van der Waals surface area contributed by atoms with Crippen molar-refractivity contribution in [3.05, 3.63) is 0 Å². The summed E-state index contributed by atoms with van der Waals surface area (Å²) in [6.07, 6.45) is 3.35. The normalized spacial score (nSPS) is 20.8.